The SMILES string of the molecule is CC/C=C\C/C=C\C/C=C\C/C=C\C/C=C\C/C=C\C/C=C\C/C=C\C/C=C\C/C=C\C/C=C\CCCCCCCC(=O)NC(COP(=O)([O-])OCC[N+](C)(C)C)C(O)/C=C/CCCCCCCCCCCCCCCCCC. The van der Waals surface area contributed by atoms with Crippen LogP contribution in [0.4, 0.5) is 0 Å². The summed E-state index contributed by atoms with van der Waals surface area (Å²) in [5.74, 6) is -0.221. The van der Waals surface area contributed by atoms with Crippen molar-refractivity contribution in [3.05, 3.63) is 146 Å². The van der Waals surface area contributed by atoms with Gasteiger partial charge in [-0.1, -0.05) is 275 Å². The van der Waals surface area contributed by atoms with Crippen molar-refractivity contribution in [1.82, 2.24) is 5.32 Å². The second-order valence-electron chi connectivity index (χ2n) is 22.0. The predicted molar refractivity (Wildman–Crippen MR) is 343 cm³/mol. The summed E-state index contributed by atoms with van der Waals surface area (Å²) < 4.78 is 23.4. The van der Waals surface area contributed by atoms with E-state index in [1.54, 1.807) is 6.08 Å². The monoisotopic (exact) mass is 1110 g/mol. The lowest BCUT2D eigenvalue weighted by atomic mass is 10.0. The number of nitrogens with zero attached hydrogens (tertiary/aromatic N) is 1. The van der Waals surface area contributed by atoms with Gasteiger partial charge in [0, 0.05) is 6.42 Å². The highest BCUT2D eigenvalue weighted by Gasteiger charge is 2.23. The normalized spacial score (nSPS) is 14.8. The minimum Gasteiger partial charge on any atom is -0.756 e. The Balaban J connectivity index is 4.22. The first kappa shape index (κ1) is 75.4. The third-order valence-corrected chi connectivity index (χ3v) is 14.3. The average molecular weight is 1120 g/mol. The Hall–Kier alpha value is -3.62. The van der Waals surface area contributed by atoms with E-state index in [9.17, 15) is 19.4 Å². The van der Waals surface area contributed by atoms with Crippen molar-refractivity contribution in [2.45, 2.75) is 251 Å². The number of carbonyl (C=O) groups is 1. The van der Waals surface area contributed by atoms with E-state index >= 15 is 0 Å². The van der Waals surface area contributed by atoms with Gasteiger partial charge in [0.1, 0.15) is 13.2 Å². The van der Waals surface area contributed by atoms with Crippen LogP contribution in [0.1, 0.15) is 239 Å². The molecule has 1 amide bonds. The van der Waals surface area contributed by atoms with Crippen LogP contribution in [0.5, 0.6) is 0 Å². The molecule has 2 N–H and O–H groups in total. The highest BCUT2D eigenvalue weighted by molar-refractivity contribution is 7.45. The minimum atomic E-state index is -4.61. The fourth-order valence-corrected chi connectivity index (χ4v) is 9.12. The van der Waals surface area contributed by atoms with E-state index in [0.29, 0.717) is 17.4 Å². The van der Waals surface area contributed by atoms with Crippen molar-refractivity contribution in [2.75, 3.05) is 40.9 Å². The van der Waals surface area contributed by atoms with E-state index in [-0.39, 0.29) is 12.5 Å². The molecule has 0 aromatic heterocycles. The molecule has 0 radical (unpaired) electrons. The molecule has 0 fully saturated rings. The van der Waals surface area contributed by atoms with Gasteiger partial charge in [-0.3, -0.25) is 9.36 Å². The molecular weight excluding hydrogens is 996 g/mol. The molecule has 3 atom stereocenters. The Bertz CT molecular complexity index is 1790. The fraction of sp³-hybridized carbons (Fsp3) is 0.643. The number of aliphatic hydroxyl groups excluding tert-OH is 1. The Morgan fingerprint density at radius 1 is 0.456 bits per heavy atom. The van der Waals surface area contributed by atoms with Crippen molar-refractivity contribution >= 4 is 13.7 Å². The molecule has 0 aromatic carbocycles. The van der Waals surface area contributed by atoms with Crippen molar-refractivity contribution in [3.8, 4) is 0 Å². The smallest absolute Gasteiger partial charge is 0.268 e. The van der Waals surface area contributed by atoms with Crippen molar-refractivity contribution in [3.63, 3.8) is 0 Å². The van der Waals surface area contributed by atoms with Gasteiger partial charge in [0.15, 0.2) is 0 Å². The zero-order valence-electron chi connectivity index (χ0n) is 51.3. The number of nitrogens with one attached hydrogen (secondary N) is 1. The van der Waals surface area contributed by atoms with Gasteiger partial charge in [0.05, 0.1) is 39.9 Å². The van der Waals surface area contributed by atoms with Crippen molar-refractivity contribution in [1.29, 1.82) is 0 Å². The van der Waals surface area contributed by atoms with Gasteiger partial charge in [-0.05, 0) is 103 Å². The number of aliphatic hydroxyl groups is 1. The number of hydrogen-bond donors (Lipinski definition) is 2. The van der Waals surface area contributed by atoms with Gasteiger partial charge in [0.25, 0.3) is 7.82 Å². The largest absolute Gasteiger partial charge is 0.756 e. The molecule has 9 heteroatoms. The molecular formula is C70H119N2O6P. The lowest BCUT2D eigenvalue weighted by Gasteiger charge is -2.29. The quantitative estimate of drug-likeness (QED) is 0.0272. The van der Waals surface area contributed by atoms with Gasteiger partial charge in [-0.2, -0.15) is 0 Å². The van der Waals surface area contributed by atoms with Crippen LogP contribution < -0.4 is 10.2 Å². The van der Waals surface area contributed by atoms with Crippen LogP contribution in [0.2, 0.25) is 0 Å². The average Bonchev–Trinajstić information content (AvgIpc) is 3.42. The first-order chi connectivity index (χ1) is 38.5. The summed E-state index contributed by atoms with van der Waals surface area (Å²) in [6.07, 6.45) is 90.7. The molecule has 0 aliphatic heterocycles. The minimum absolute atomic E-state index is 0.0124. The zero-order valence-corrected chi connectivity index (χ0v) is 52.2. The van der Waals surface area contributed by atoms with E-state index in [4.69, 9.17) is 9.05 Å². The number of carbonyl (C=O) groups excluding carboxylic acids is 1. The molecule has 0 heterocycles. The number of phosphoric ester groups is 1. The van der Waals surface area contributed by atoms with Crippen molar-refractivity contribution < 1.29 is 32.9 Å². The van der Waals surface area contributed by atoms with Crippen LogP contribution in [-0.2, 0) is 18.4 Å². The molecule has 0 spiro atoms. The lowest BCUT2D eigenvalue weighted by molar-refractivity contribution is -0.870. The highest BCUT2D eigenvalue weighted by atomic mass is 31.2. The standard InChI is InChI=1S/C70H119N2O6P/c1-6-8-10-12-14-16-18-20-22-24-26-27-28-29-30-31-32-33-34-35-36-37-38-39-40-41-42-43-44-45-46-48-50-52-54-56-58-60-62-64-70(74)71-68(67-78-79(75,76)77-66-65-72(3,4)5)69(73)63-61-59-57-55-53-51-49-47-25-23-21-19-17-15-13-11-9-7-2/h8,10,14,16,20,22,26-27,29-30,32-33,35-36,38-39,41-42,44-45,48,50,61,63,68-69,73H,6-7,9,11-13,15,17-19,21,23-25,28,31,34,37,40,43,46-47,49,51-60,62,64-67H2,1-5H3,(H-,71,74,75,76)/b10-8-,16-14-,22-20-,27-26-,30-29-,33-32-,36-35-,39-38-,42-41-,45-44-,50-48-,63-61+. The second-order valence-corrected chi connectivity index (χ2v) is 23.4. The summed E-state index contributed by atoms with van der Waals surface area (Å²) >= 11 is 0. The molecule has 0 aliphatic rings. The Morgan fingerprint density at radius 2 is 0.772 bits per heavy atom. The maximum Gasteiger partial charge on any atom is 0.268 e. The van der Waals surface area contributed by atoms with Gasteiger partial charge < -0.3 is 28.8 Å². The molecule has 0 saturated carbocycles. The first-order valence-corrected chi connectivity index (χ1v) is 33.2. The molecule has 0 aromatic rings. The molecule has 79 heavy (non-hydrogen) atoms. The Kier molecular flexibility index (Phi) is 56.3. The van der Waals surface area contributed by atoms with E-state index < -0.39 is 26.6 Å². The van der Waals surface area contributed by atoms with E-state index in [1.807, 2.05) is 27.2 Å². The summed E-state index contributed by atoms with van der Waals surface area (Å²) in [6, 6.07) is -0.908. The van der Waals surface area contributed by atoms with Gasteiger partial charge >= 0.3 is 0 Å². The summed E-state index contributed by atoms with van der Waals surface area (Å²) in [6.45, 7) is 4.51. The molecule has 450 valence electrons. The van der Waals surface area contributed by atoms with E-state index in [2.05, 4.69) is 153 Å². The van der Waals surface area contributed by atoms with Gasteiger partial charge in [-0.25, -0.2) is 0 Å². The highest BCUT2D eigenvalue weighted by Crippen LogP contribution is 2.38. The van der Waals surface area contributed by atoms with Crippen LogP contribution in [-0.4, -0.2) is 68.5 Å². The summed E-state index contributed by atoms with van der Waals surface area (Å²) in [5, 5.41) is 13.9. The molecule has 0 aliphatic carbocycles. The third kappa shape index (κ3) is 61.8. The van der Waals surface area contributed by atoms with Crippen molar-refractivity contribution in [2.24, 2.45) is 0 Å². The zero-order chi connectivity index (χ0) is 57.7. The van der Waals surface area contributed by atoms with Crippen LogP contribution >= 0.6 is 7.82 Å². The number of quaternary nitrogens is 1. The first-order valence-electron chi connectivity index (χ1n) is 31.7. The Labute approximate surface area is 487 Å². The summed E-state index contributed by atoms with van der Waals surface area (Å²) in [4.78, 5) is 25.5. The number of unbranched alkanes of at least 4 members (excludes halogenated alkanes) is 21. The third-order valence-electron chi connectivity index (χ3n) is 13.3. The summed E-state index contributed by atoms with van der Waals surface area (Å²) in [5.41, 5.74) is 0. The molecule has 0 saturated heterocycles. The molecule has 3 unspecified atom stereocenters. The van der Waals surface area contributed by atoms with E-state index in [0.717, 1.165) is 128 Å². The topological polar surface area (TPSA) is 108 Å². The molecule has 0 rings (SSSR count). The number of likely N-dealkylation sites (N-methyl/N-ethyl adjacent to an activating group) is 1. The van der Waals surface area contributed by atoms with Gasteiger partial charge in [-0.15, -0.1) is 0 Å². The number of hydrogen-bond acceptors (Lipinski definition) is 6. The second kappa shape index (κ2) is 59.0. The maximum absolute atomic E-state index is 13.0. The molecule has 8 nitrogen and oxygen atoms in total. The number of phosphoric acid groups is 1. The predicted octanol–water partition coefficient (Wildman–Crippen LogP) is 19.4. The summed E-state index contributed by atoms with van der Waals surface area (Å²) in [7, 11) is 1.23. The number of allylic oxidation sites excluding steroid dienone is 23. The fourth-order valence-electron chi connectivity index (χ4n) is 8.39. The molecule has 0 bridgehead atoms. The number of rotatable bonds is 56. The van der Waals surface area contributed by atoms with Crippen LogP contribution in [0, 0.1) is 0 Å². The maximum atomic E-state index is 13.0. The number of amides is 1. The van der Waals surface area contributed by atoms with Crippen LogP contribution in [0.3, 0.4) is 0 Å². The van der Waals surface area contributed by atoms with Gasteiger partial charge in [0.2, 0.25) is 5.91 Å². The van der Waals surface area contributed by atoms with E-state index in [1.165, 1.54) is 89.9 Å². The lowest BCUT2D eigenvalue weighted by Crippen LogP contribution is -2.45. The Morgan fingerprint density at radius 3 is 1.13 bits per heavy atom. The van der Waals surface area contributed by atoms with Crippen LogP contribution in [0.25, 0.3) is 0 Å². The van der Waals surface area contributed by atoms with Crippen LogP contribution in [0.15, 0.2) is 146 Å².